The van der Waals surface area contributed by atoms with Crippen LogP contribution in [0.1, 0.15) is 33.6 Å². The maximum absolute atomic E-state index is 10.9. The molecule has 0 aromatic carbocycles. The first kappa shape index (κ1) is 11.4. The van der Waals surface area contributed by atoms with Gasteiger partial charge in [-0.1, -0.05) is 20.8 Å². The predicted molar refractivity (Wildman–Crippen MR) is 51.1 cm³/mol. The number of rotatable bonds is 6. The minimum Gasteiger partial charge on any atom is -0.355 e. The third-order valence-corrected chi connectivity index (χ3v) is 1.85. The molecule has 2 N–H and O–H groups in total. The van der Waals surface area contributed by atoms with Crippen LogP contribution in [-0.2, 0) is 4.79 Å². The van der Waals surface area contributed by atoms with Gasteiger partial charge in [0.05, 0.1) is 0 Å². The van der Waals surface area contributed by atoms with E-state index in [9.17, 15) is 4.79 Å². The SMILES string of the molecule is CCNC(CC)CNC(=O)CC. The molecule has 0 aromatic rings. The second-order valence-electron chi connectivity index (χ2n) is 2.82. The average molecular weight is 172 g/mol. The Hall–Kier alpha value is -0.570. The Morgan fingerprint density at radius 2 is 2.00 bits per heavy atom. The summed E-state index contributed by atoms with van der Waals surface area (Å²) in [6.07, 6.45) is 1.63. The number of likely N-dealkylation sites (N-methyl/N-ethyl adjacent to an activating group) is 1. The van der Waals surface area contributed by atoms with E-state index in [-0.39, 0.29) is 5.91 Å². The van der Waals surface area contributed by atoms with Gasteiger partial charge in [-0.05, 0) is 13.0 Å². The monoisotopic (exact) mass is 172 g/mol. The summed E-state index contributed by atoms with van der Waals surface area (Å²) in [6, 6.07) is 0.422. The van der Waals surface area contributed by atoms with Gasteiger partial charge in [0.15, 0.2) is 0 Å². The molecule has 0 aliphatic rings. The fraction of sp³-hybridized carbons (Fsp3) is 0.889. The lowest BCUT2D eigenvalue weighted by Crippen LogP contribution is -2.40. The molecule has 0 aliphatic carbocycles. The molecule has 3 heteroatoms. The van der Waals surface area contributed by atoms with Crippen molar-refractivity contribution < 1.29 is 4.79 Å². The highest BCUT2D eigenvalue weighted by Crippen LogP contribution is 1.88. The van der Waals surface area contributed by atoms with Crippen LogP contribution in [0.15, 0.2) is 0 Å². The van der Waals surface area contributed by atoms with Crippen molar-refractivity contribution in [3.05, 3.63) is 0 Å². The summed E-state index contributed by atoms with van der Waals surface area (Å²) < 4.78 is 0. The molecule has 1 unspecified atom stereocenters. The van der Waals surface area contributed by atoms with E-state index in [1.807, 2.05) is 6.92 Å². The molecular formula is C9H20N2O. The van der Waals surface area contributed by atoms with Crippen LogP contribution >= 0.6 is 0 Å². The Morgan fingerprint density at radius 1 is 1.33 bits per heavy atom. The minimum absolute atomic E-state index is 0.131. The summed E-state index contributed by atoms with van der Waals surface area (Å²) in [5.74, 6) is 0.131. The normalized spacial score (nSPS) is 12.6. The molecule has 0 aromatic heterocycles. The fourth-order valence-corrected chi connectivity index (χ4v) is 1.01. The number of nitrogens with one attached hydrogen (secondary N) is 2. The molecule has 0 saturated carbocycles. The van der Waals surface area contributed by atoms with Gasteiger partial charge in [0.1, 0.15) is 0 Å². The number of amides is 1. The van der Waals surface area contributed by atoms with Crippen molar-refractivity contribution in [3.63, 3.8) is 0 Å². The largest absolute Gasteiger partial charge is 0.355 e. The van der Waals surface area contributed by atoms with Crippen molar-refractivity contribution in [2.45, 2.75) is 39.7 Å². The van der Waals surface area contributed by atoms with E-state index in [0.717, 1.165) is 19.5 Å². The molecule has 0 aliphatic heterocycles. The topological polar surface area (TPSA) is 41.1 Å². The molecule has 3 nitrogen and oxygen atoms in total. The zero-order chi connectivity index (χ0) is 9.40. The van der Waals surface area contributed by atoms with E-state index in [1.165, 1.54) is 0 Å². The lowest BCUT2D eigenvalue weighted by atomic mass is 10.2. The summed E-state index contributed by atoms with van der Waals surface area (Å²) >= 11 is 0. The summed E-state index contributed by atoms with van der Waals surface area (Å²) in [7, 11) is 0. The van der Waals surface area contributed by atoms with Crippen molar-refractivity contribution in [2.24, 2.45) is 0 Å². The molecule has 1 atom stereocenters. The zero-order valence-electron chi connectivity index (χ0n) is 8.31. The number of hydrogen-bond donors (Lipinski definition) is 2. The van der Waals surface area contributed by atoms with E-state index >= 15 is 0 Å². The van der Waals surface area contributed by atoms with Gasteiger partial charge in [-0.25, -0.2) is 0 Å². The lowest BCUT2D eigenvalue weighted by Gasteiger charge is -2.15. The lowest BCUT2D eigenvalue weighted by molar-refractivity contribution is -0.120. The van der Waals surface area contributed by atoms with Gasteiger partial charge in [-0.2, -0.15) is 0 Å². The molecule has 0 spiro atoms. The molecule has 72 valence electrons. The molecule has 12 heavy (non-hydrogen) atoms. The van der Waals surface area contributed by atoms with Crippen LogP contribution < -0.4 is 10.6 Å². The first-order chi connectivity index (χ1) is 5.74. The van der Waals surface area contributed by atoms with Gasteiger partial charge >= 0.3 is 0 Å². The smallest absolute Gasteiger partial charge is 0.219 e. The Balaban J connectivity index is 3.50. The Labute approximate surface area is 74.9 Å². The maximum atomic E-state index is 10.9. The van der Waals surface area contributed by atoms with Crippen LogP contribution in [-0.4, -0.2) is 25.0 Å². The predicted octanol–water partition coefficient (Wildman–Crippen LogP) is 0.901. The van der Waals surface area contributed by atoms with E-state index in [0.29, 0.717) is 12.5 Å². The van der Waals surface area contributed by atoms with Gasteiger partial charge in [-0.15, -0.1) is 0 Å². The molecule has 0 rings (SSSR count). The van der Waals surface area contributed by atoms with Gasteiger partial charge in [0, 0.05) is 19.0 Å². The highest BCUT2D eigenvalue weighted by molar-refractivity contribution is 5.75. The van der Waals surface area contributed by atoms with Crippen LogP contribution in [0.4, 0.5) is 0 Å². The van der Waals surface area contributed by atoms with Crippen molar-refractivity contribution in [3.8, 4) is 0 Å². The highest BCUT2D eigenvalue weighted by atomic mass is 16.1. The molecule has 0 saturated heterocycles. The van der Waals surface area contributed by atoms with Crippen LogP contribution in [0.3, 0.4) is 0 Å². The van der Waals surface area contributed by atoms with Crippen LogP contribution in [0, 0.1) is 0 Å². The molecule has 0 bridgehead atoms. The Kier molecular flexibility index (Phi) is 6.76. The summed E-state index contributed by atoms with van der Waals surface area (Å²) in [4.78, 5) is 10.9. The third kappa shape index (κ3) is 5.13. The van der Waals surface area contributed by atoms with Crippen molar-refractivity contribution in [2.75, 3.05) is 13.1 Å². The van der Waals surface area contributed by atoms with Crippen molar-refractivity contribution >= 4 is 5.91 Å². The number of carbonyl (C=O) groups is 1. The maximum Gasteiger partial charge on any atom is 0.219 e. The van der Waals surface area contributed by atoms with Gasteiger partial charge in [0.25, 0.3) is 0 Å². The van der Waals surface area contributed by atoms with E-state index in [2.05, 4.69) is 24.5 Å². The highest BCUT2D eigenvalue weighted by Gasteiger charge is 2.04. The number of carbonyl (C=O) groups excluding carboxylic acids is 1. The van der Waals surface area contributed by atoms with Crippen molar-refractivity contribution in [1.29, 1.82) is 0 Å². The van der Waals surface area contributed by atoms with Gasteiger partial charge < -0.3 is 10.6 Å². The zero-order valence-corrected chi connectivity index (χ0v) is 8.31. The van der Waals surface area contributed by atoms with Crippen LogP contribution in [0.2, 0.25) is 0 Å². The first-order valence-electron chi connectivity index (χ1n) is 4.74. The summed E-state index contributed by atoms with van der Waals surface area (Å²) in [5.41, 5.74) is 0. The summed E-state index contributed by atoms with van der Waals surface area (Å²) in [6.45, 7) is 7.76. The second kappa shape index (κ2) is 7.10. The Morgan fingerprint density at radius 3 is 2.42 bits per heavy atom. The average Bonchev–Trinajstić information content (AvgIpc) is 2.11. The van der Waals surface area contributed by atoms with Crippen molar-refractivity contribution in [1.82, 2.24) is 10.6 Å². The first-order valence-corrected chi connectivity index (χ1v) is 4.74. The Bertz CT molecular complexity index is 126. The molecule has 1 amide bonds. The molecular weight excluding hydrogens is 152 g/mol. The van der Waals surface area contributed by atoms with Crippen LogP contribution in [0.25, 0.3) is 0 Å². The van der Waals surface area contributed by atoms with E-state index < -0.39 is 0 Å². The fourth-order valence-electron chi connectivity index (χ4n) is 1.01. The molecule has 0 fully saturated rings. The van der Waals surface area contributed by atoms with Gasteiger partial charge in [0.2, 0.25) is 5.91 Å². The molecule has 0 radical (unpaired) electrons. The second-order valence-corrected chi connectivity index (χ2v) is 2.82. The van der Waals surface area contributed by atoms with Crippen LogP contribution in [0.5, 0.6) is 0 Å². The summed E-state index contributed by atoms with van der Waals surface area (Å²) in [5, 5.41) is 6.16. The third-order valence-electron chi connectivity index (χ3n) is 1.85. The van der Waals surface area contributed by atoms with Gasteiger partial charge in [-0.3, -0.25) is 4.79 Å². The minimum atomic E-state index is 0.131. The van der Waals surface area contributed by atoms with E-state index in [4.69, 9.17) is 0 Å². The quantitative estimate of drug-likeness (QED) is 0.625. The number of hydrogen-bond acceptors (Lipinski definition) is 2. The molecule has 0 heterocycles. The standard InChI is InChI=1S/C9H20N2O/c1-4-8(10-6-3)7-11-9(12)5-2/h8,10H,4-7H2,1-3H3,(H,11,12). The van der Waals surface area contributed by atoms with E-state index in [1.54, 1.807) is 0 Å².